The Morgan fingerprint density at radius 1 is 1.57 bits per heavy atom. The van der Waals surface area contributed by atoms with Gasteiger partial charge in [0.25, 0.3) is 0 Å². The van der Waals surface area contributed by atoms with Gasteiger partial charge in [0.1, 0.15) is 0 Å². The van der Waals surface area contributed by atoms with Crippen molar-refractivity contribution in [3.05, 3.63) is 6.54 Å². The molecule has 0 aromatic carbocycles. The van der Waals surface area contributed by atoms with Crippen LogP contribution in [0.4, 0.5) is 0 Å². The summed E-state index contributed by atoms with van der Waals surface area (Å²) in [6.45, 7) is 5.18. The smallest absolute Gasteiger partial charge is 0.0583 e. The van der Waals surface area contributed by atoms with Crippen LogP contribution in [0.2, 0.25) is 0 Å². The predicted octanol–water partition coefficient (Wildman–Crippen LogP) is 1.43. The third-order valence-corrected chi connectivity index (χ3v) is 0.832. The Kier molecular flexibility index (Phi) is 5.93. The molecule has 7 heavy (non-hydrogen) atoms. The van der Waals surface area contributed by atoms with E-state index in [-0.39, 0.29) is 0 Å². The Morgan fingerprint density at radius 3 is 2.71 bits per heavy atom. The molecule has 0 saturated heterocycles. The fraction of sp³-hybridized carbons (Fsp3) is 0.833. The van der Waals surface area contributed by atoms with Crippen molar-refractivity contribution in [3.63, 3.8) is 0 Å². The zero-order valence-corrected chi connectivity index (χ0v) is 5.12. The maximum atomic E-state index is 3.00. The molecule has 0 amide bonds. The highest BCUT2D eigenvalue weighted by Crippen LogP contribution is 1.92. The summed E-state index contributed by atoms with van der Waals surface area (Å²) in [4.78, 5) is 0. The maximum Gasteiger partial charge on any atom is 0.0583 e. The van der Waals surface area contributed by atoms with Crippen molar-refractivity contribution in [2.45, 2.75) is 26.2 Å². The van der Waals surface area contributed by atoms with Crippen LogP contribution in [0, 0.1) is 6.54 Å². The highest BCUT2D eigenvalue weighted by atomic mass is 14.8. The number of unbranched alkanes of at least 4 members (excludes halogenated alkanes) is 2. The zero-order chi connectivity index (χ0) is 5.54. The Labute approximate surface area is 46.1 Å². The first-order chi connectivity index (χ1) is 3.41. The molecule has 1 N–H and O–H groups in total. The lowest BCUT2D eigenvalue weighted by Gasteiger charge is -1.91. The summed E-state index contributed by atoms with van der Waals surface area (Å²) >= 11 is 0. The van der Waals surface area contributed by atoms with Gasteiger partial charge in [-0.05, 0) is 13.5 Å². The van der Waals surface area contributed by atoms with Crippen LogP contribution in [0.25, 0.3) is 0 Å². The summed E-state index contributed by atoms with van der Waals surface area (Å²) in [5, 5.41) is 2.85. The van der Waals surface area contributed by atoms with Crippen LogP contribution in [0.3, 0.4) is 0 Å². The first-order valence-electron chi connectivity index (χ1n) is 2.81. The van der Waals surface area contributed by atoms with Crippen molar-refractivity contribution in [1.29, 1.82) is 0 Å². The molecule has 0 aromatic heterocycles. The quantitative estimate of drug-likeness (QED) is 0.415. The summed E-state index contributed by atoms with van der Waals surface area (Å²) in [7, 11) is 1.88. The molecule has 1 nitrogen and oxygen atoms in total. The highest BCUT2D eigenvalue weighted by Gasteiger charge is 1.80. The van der Waals surface area contributed by atoms with Gasteiger partial charge in [-0.15, -0.1) is 0 Å². The van der Waals surface area contributed by atoms with Gasteiger partial charge < -0.3 is 5.32 Å². The number of nitrogens with one attached hydrogen (secondary N) is 1. The Balaban J connectivity index is 2.45. The molecule has 0 fully saturated rings. The molecule has 0 aliphatic rings. The second-order valence-electron chi connectivity index (χ2n) is 1.53. The van der Waals surface area contributed by atoms with Crippen LogP contribution >= 0.6 is 0 Å². The summed E-state index contributed by atoms with van der Waals surface area (Å²) in [6, 6.07) is 0. The highest BCUT2D eigenvalue weighted by molar-refractivity contribution is 4.55. The monoisotopic (exact) mass is 99.1 g/mol. The Bertz CT molecular complexity index is 23.4. The van der Waals surface area contributed by atoms with E-state index in [1.807, 2.05) is 7.05 Å². The maximum absolute atomic E-state index is 3.00. The molecule has 1 heteroatoms. The lowest BCUT2D eigenvalue weighted by Crippen LogP contribution is -1.99. The van der Waals surface area contributed by atoms with E-state index in [1.165, 1.54) is 12.8 Å². The fourth-order valence-corrected chi connectivity index (χ4v) is 0.390. The summed E-state index contributed by atoms with van der Waals surface area (Å²) in [5.74, 6) is 0. The summed E-state index contributed by atoms with van der Waals surface area (Å²) in [5.41, 5.74) is 0. The van der Waals surface area contributed by atoms with Crippen LogP contribution in [-0.4, -0.2) is 7.05 Å². The molecule has 0 bridgehead atoms. The third kappa shape index (κ3) is 5.96. The van der Waals surface area contributed by atoms with E-state index in [9.17, 15) is 0 Å². The summed E-state index contributed by atoms with van der Waals surface area (Å²) < 4.78 is 0. The molecular formula is C6H13N. The second kappa shape index (κ2) is 5.96. The van der Waals surface area contributed by atoms with E-state index in [0.717, 1.165) is 6.42 Å². The Hall–Kier alpha value is -0.0400. The molecule has 42 valence electrons. The average molecular weight is 99.2 g/mol. The Morgan fingerprint density at radius 2 is 2.29 bits per heavy atom. The standard InChI is InChI=1S/C6H13N/c1-3-4-5-6-7-2/h7H,3-5H2,1-2H3. The van der Waals surface area contributed by atoms with E-state index in [4.69, 9.17) is 0 Å². The van der Waals surface area contributed by atoms with Crippen LogP contribution in [0.15, 0.2) is 0 Å². The molecule has 0 aromatic rings. The lowest BCUT2D eigenvalue weighted by molar-refractivity contribution is 0.738. The van der Waals surface area contributed by atoms with Crippen molar-refractivity contribution in [3.8, 4) is 0 Å². The molecule has 0 saturated carbocycles. The van der Waals surface area contributed by atoms with Gasteiger partial charge in [-0.3, -0.25) is 0 Å². The fourth-order valence-electron chi connectivity index (χ4n) is 0.390. The minimum absolute atomic E-state index is 1.08. The van der Waals surface area contributed by atoms with Gasteiger partial charge in [-0.25, -0.2) is 0 Å². The normalized spacial score (nSPS) is 9.43. The SMILES string of the molecule is CCCC[C]NC. The number of rotatable bonds is 4. The van der Waals surface area contributed by atoms with Crippen molar-refractivity contribution in [2.24, 2.45) is 0 Å². The van der Waals surface area contributed by atoms with Crippen molar-refractivity contribution in [1.82, 2.24) is 5.32 Å². The van der Waals surface area contributed by atoms with Crippen LogP contribution in [0.5, 0.6) is 0 Å². The van der Waals surface area contributed by atoms with Crippen molar-refractivity contribution >= 4 is 0 Å². The first-order valence-corrected chi connectivity index (χ1v) is 2.81. The van der Waals surface area contributed by atoms with Crippen molar-refractivity contribution in [2.75, 3.05) is 7.05 Å². The average Bonchev–Trinajstić information content (AvgIpc) is 1.69. The first kappa shape index (κ1) is 6.96. The molecule has 0 spiro atoms. The van der Waals surface area contributed by atoms with E-state index in [1.54, 1.807) is 0 Å². The molecule has 2 radical (unpaired) electrons. The van der Waals surface area contributed by atoms with E-state index in [2.05, 4.69) is 18.8 Å². The van der Waals surface area contributed by atoms with Gasteiger partial charge in [0.05, 0.1) is 6.54 Å². The number of hydrogen-bond donors (Lipinski definition) is 1. The predicted molar refractivity (Wildman–Crippen MR) is 31.8 cm³/mol. The molecule has 0 aliphatic carbocycles. The molecule has 0 aliphatic heterocycles. The van der Waals surface area contributed by atoms with Crippen LogP contribution in [-0.2, 0) is 0 Å². The van der Waals surface area contributed by atoms with E-state index < -0.39 is 0 Å². The van der Waals surface area contributed by atoms with Gasteiger partial charge in [0, 0.05) is 0 Å². The van der Waals surface area contributed by atoms with Gasteiger partial charge in [0.15, 0.2) is 0 Å². The third-order valence-electron chi connectivity index (χ3n) is 0.832. The van der Waals surface area contributed by atoms with E-state index in [0.29, 0.717) is 0 Å². The van der Waals surface area contributed by atoms with Gasteiger partial charge in [-0.2, -0.15) is 0 Å². The minimum Gasteiger partial charge on any atom is -0.311 e. The van der Waals surface area contributed by atoms with Crippen LogP contribution < -0.4 is 5.32 Å². The van der Waals surface area contributed by atoms with Crippen molar-refractivity contribution < 1.29 is 0 Å². The largest absolute Gasteiger partial charge is 0.311 e. The van der Waals surface area contributed by atoms with Crippen LogP contribution in [0.1, 0.15) is 26.2 Å². The van der Waals surface area contributed by atoms with Gasteiger partial charge in [0.2, 0.25) is 0 Å². The zero-order valence-electron chi connectivity index (χ0n) is 5.12. The minimum atomic E-state index is 1.08. The molecule has 0 heterocycles. The van der Waals surface area contributed by atoms with E-state index >= 15 is 0 Å². The lowest BCUT2D eigenvalue weighted by atomic mass is 10.2. The van der Waals surface area contributed by atoms with Gasteiger partial charge >= 0.3 is 0 Å². The number of hydrogen-bond acceptors (Lipinski definition) is 1. The molecular weight excluding hydrogens is 86.1 g/mol. The summed E-state index contributed by atoms with van der Waals surface area (Å²) in [6.07, 6.45) is 3.59. The topological polar surface area (TPSA) is 12.0 Å². The van der Waals surface area contributed by atoms with Gasteiger partial charge in [-0.1, -0.05) is 19.8 Å². The molecule has 0 atom stereocenters. The molecule has 0 rings (SSSR count). The second-order valence-corrected chi connectivity index (χ2v) is 1.53. The molecule has 0 unspecified atom stereocenters.